The average Bonchev–Trinajstić information content (AvgIpc) is 2.85. The van der Waals surface area contributed by atoms with Gasteiger partial charge in [0.25, 0.3) is 5.91 Å². The third-order valence-corrected chi connectivity index (χ3v) is 4.67. The number of H-pyrrole nitrogens is 1. The first-order valence-electron chi connectivity index (χ1n) is 6.38. The highest BCUT2D eigenvalue weighted by atomic mass is 32.2. The van der Waals surface area contributed by atoms with Crippen molar-refractivity contribution < 1.29 is 13.2 Å². The van der Waals surface area contributed by atoms with E-state index in [4.69, 9.17) is 5.73 Å². The van der Waals surface area contributed by atoms with Crippen molar-refractivity contribution >= 4 is 21.9 Å². The number of piperidine rings is 1. The van der Waals surface area contributed by atoms with Crippen molar-refractivity contribution in [1.29, 1.82) is 0 Å². The Bertz CT molecular complexity index is 576. The summed E-state index contributed by atoms with van der Waals surface area (Å²) in [5, 5.41) is 6.08. The van der Waals surface area contributed by atoms with Crippen molar-refractivity contribution in [3.63, 3.8) is 0 Å². The summed E-state index contributed by atoms with van der Waals surface area (Å²) in [6, 6.07) is -0.121. The molecule has 1 aromatic rings. The summed E-state index contributed by atoms with van der Waals surface area (Å²) in [5.41, 5.74) is 5.35. The van der Waals surface area contributed by atoms with E-state index < -0.39 is 10.0 Å². The SMILES string of the molecule is CCS(=O)(=O)NC1CCN(C(=O)c2nc(N)n[nH]2)CC1. The maximum atomic E-state index is 12.1. The molecule has 0 aromatic carbocycles. The van der Waals surface area contributed by atoms with Gasteiger partial charge in [-0.25, -0.2) is 13.1 Å². The van der Waals surface area contributed by atoms with E-state index in [0.717, 1.165) is 0 Å². The minimum absolute atomic E-state index is 0.0268. The summed E-state index contributed by atoms with van der Waals surface area (Å²) in [6.07, 6.45) is 1.16. The van der Waals surface area contributed by atoms with Gasteiger partial charge in [0.1, 0.15) is 0 Å². The summed E-state index contributed by atoms with van der Waals surface area (Å²) >= 11 is 0. The van der Waals surface area contributed by atoms with E-state index in [-0.39, 0.29) is 29.5 Å². The van der Waals surface area contributed by atoms with Gasteiger partial charge in [-0.1, -0.05) is 0 Å². The van der Waals surface area contributed by atoms with Crippen LogP contribution < -0.4 is 10.5 Å². The first-order chi connectivity index (χ1) is 9.41. The number of aromatic nitrogens is 3. The highest BCUT2D eigenvalue weighted by Crippen LogP contribution is 2.13. The second kappa shape index (κ2) is 5.75. The zero-order valence-corrected chi connectivity index (χ0v) is 12.0. The second-order valence-corrected chi connectivity index (χ2v) is 6.67. The summed E-state index contributed by atoms with van der Waals surface area (Å²) in [6.45, 7) is 2.53. The summed E-state index contributed by atoms with van der Waals surface area (Å²) < 4.78 is 25.6. The lowest BCUT2D eigenvalue weighted by atomic mass is 10.1. The van der Waals surface area contributed by atoms with Crippen LogP contribution in [0.1, 0.15) is 30.4 Å². The normalized spacial score (nSPS) is 17.4. The smallest absolute Gasteiger partial charge is 0.291 e. The molecule has 4 N–H and O–H groups in total. The number of anilines is 1. The van der Waals surface area contributed by atoms with Gasteiger partial charge in [-0.2, -0.15) is 4.98 Å². The number of nitrogens with zero attached hydrogens (tertiary/aromatic N) is 3. The fraction of sp³-hybridized carbons (Fsp3) is 0.700. The molecule has 10 heteroatoms. The van der Waals surface area contributed by atoms with E-state index >= 15 is 0 Å². The van der Waals surface area contributed by atoms with E-state index in [1.165, 1.54) is 0 Å². The van der Waals surface area contributed by atoms with E-state index in [2.05, 4.69) is 19.9 Å². The van der Waals surface area contributed by atoms with Crippen LogP contribution in [0, 0.1) is 0 Å². The highest BCUT2D eigenvalue weighted by Gasteiger charge is 2.27. The molecule has 0 bridgehead atoms. The van der Waals surface area contributed by atoms with Crippen molar-refractivity contribution in [3.8, 4) is 0 Å². The minimum Gasteiger partial charge on any atom is -0.366 e. The predicted octanol–water partition coefficient (Wildman–Crippen LogP) is -1.07. The van der Waals surface area contributed by atoms with Crippen molar-refractivity contribution in [1.82, 2.24) is 24.8 Å². The average molecular weight is 302 g/mol. The van der Waals surface area contributed by atoms with Gasteiger partial charge in [0, 0.05) is 19.1 Å². The number of amides is 1. The summed E-state index contributed by atoms with van der Waals surface area (Å²) in [5.74, 6) is -0.0798. The molecule has 0 unspecified atom stereocenters. The quantitative estimate of drug-likeness (QED) is 0.648. The number of hydrogen-bond acceptors (Lipinski definition) is 6. The minimum atomic E-state index is -3.20. The molecule has 1 fully saturated rings. The van der Waals surface area contributed by atoms with Crippen LogP contribution in [0.3, 0.4) is 0 Å². The van der Waals surface area contributed by atoms with Crippen LogP contribution in [0.5, 0.6) is 0 Å². The molecule has 1 aromatic heterocycles. The maximum Gasteiger partial charge on any atom is 0.291 e. The molecule has 20 heavy (non-hydrogen) atoms. The summed E-state index contributed by atoms with van der Waals surface area (Å²) in [7, 11) is -3.20. The Labute approximate surface area is 117 Å². The largest absolute Gasteiger partial charge is 0.366 e. The van der Waals surface area contributed by atoms with Crippen LogP contribution in [-0.2, 0) is 10.0 Å². The lowest BCUT2D eigenvalue weighted by molar-refractivity contribution is 0.0699. The number of nitrogens with two attached hydrogens (primary N) is 1. The van der Waals surface area contributed by atoms with E-state index in [1.54, 1.807) is 11.8 Å². The van der Waals surface area contributed by atoms with Crippen LogP contribution >= 0.6 is 0 Å². The Morgan fingerprint density at radius 1 is 1.50 bits per heavy atom. The van der Waals surface area contributed by atoms with Gasteiger partial charge in [-0.3, -0.25) is 9.89 Å². The number of aromatic amines is 1. The van der Waals surface area contributed by atoms with Gasteiger partial charge in [0.05, 0.1) is 5.75 Å². The Hall–Kier alpha value is -1.68. The van der Waals surface area contributed by atoms with Gasteiger partial charge in [-0.15, -0.1) is 5.10 Å². The lowest BCUT2D eigenvalue weighted by Gasteiger charge is -2.31. The summed E-state index contributed by atoms with van der Waals surface area (Å²) in [4.78, 5) is 17.5. The van der Waals surface area contributed by atoms with E-state index in [1.807, 2.05) is 0 Å². The molecule has 1 aliphatic heterocycles. The van der Waals surface area contributed by atoms with Gasteiger partial charge < -0.3 is 10.6 Å². The number of rotatable bonds is 4. The third-order valence-electron chi connectivity index (χ3n) is 3.21. The van der Waals surface area contributed by atoms with Gasteiger partial charge in [-0.05, 0) is 19.8 Å². The molecule has 1 amide bonds. The first kappa shape index (κ1) is 14.7. The van der Waals surface area contributed by atoms with Crippen molar-refractivity contribution in [2.75, 3.05) is 24.6 Å². The molecule has 2 heterocycles. The maximum absolute atomic E-state index is 12.1. The fourth-order valence-corrected chi connectivity index (χ4v) is 2.97. The van der Waals surface area contributed by atoms with E-state index in [0.29, 0.717) is 25.9 Å². The number of carbonyl (C=O) groups excluding carboxylic acids is 1. The van der Waals surface area contributed by atoms with Crippen molar-refractivity contribution in [2.45, 2.75) is 25.8 Å². The lowest BCUT2D eigenvalue weighted by Crippen LogP contribution is -2.47. The zero-order valence-electron chi connectivity index (χ0n) is 11.2. The molecule has 1 aliphatic rings. The number of nitrogens with one attached hydrogen (secondary N) is 2. The van der Waals surface area contributed by atoms with Crippen LogP contribution in [-0.4, -0.2) is 59.3 Å². The molecule has 1 saturated heterocycles. The molecule has 9 nitrogen and oxygen atoms in total. The molecule has 0 radical (unpaired) electrons. The number of nitrogen functional groups attached to an aromatic ring is 1. The van der Waals surface area contributed by atoms with Crippen LogP contribution in [0.2, 0.25) is 0 Å². The Morgan fingerprint density at radius 3 is 2.65 bits per heavy atom. The predicted molar refractivity (Wildman–Crippen MR) is 72.3 cm³/mol. The molecule has 2 rings (SSSR count). The van der Waals surface area contributed by atoms with Crippen molar-refractivity contribution in [3.05, 3.63) is 5.82 Å². The first-order valence-corrected chi connectivity index (χ1v) is 8.03. The Kier molecular flexibility index (Phi) is 4.23. The van der Waals surface area contributed by atoms with Gasteiger partial charge >= 0.3 is 0 Å². The molecular weight excluding hydrogens is 284 g/mol. The van der Waals surface area contributed by atoms with Crippen LogP contribution in [0.15, 0.2) is 0 Å². The third kappa shape index (κ3) is 3.45. The van der Waals surface area contributed by atoms with Gasteiger partial charge in [0.15, 0.2) is 0 Å². The topological polar surface area (TPSA) is 134 Å². The fourth-order valence-electron chi connectivity index (χ4n) is 2.06. The number of hydrogen-bond donors (Lipinski definition) is 3. The number of carbonyl (C=O) groups is 1. The van der Waals surface area contributed by atoms with Crippen LogP contribution in [0.4, 0.5) is 5.95 Å². The zero-order chi connectivity index (χ0) is 14.8. The molecule has 0 aliphatic carbocycles. The molecule has 112 valence electrons. The van der Waals surface area contributed by atoms with Gasteiger partial charge in [0.2, 0.25) is 21.8 Å². The molecule has 0 atom stereocenters. The standard InChI is InChI=1S/C10H18N6O3S/c1-2-20(18,19)15-7-3-5-16(6-4-7)9(17)8-12-10(11)14-13-8/h7,15H,2-6H2,1H3,(H3,11,12,13,14). The van der Waals surface area contributed by atoms with E-state index in [9.17, 15) is 13.2 Å². The Morgan fingerprint density at radius 2 is 2.15 bits per heavy atom. The molecule has 0 spiro atoms. The molecular formula is C10H18N6O3S. The number of sulfonamides is 1. The number of likely N-dealkylation sites (tertiary alicyclic amines) is 1. The highest BCUT2D eigenvalue weighted by molar-refractivity contribution is 7.89. The monoisotopic (exact) mass is 302 g/mol. The Balaban J connectivity index is 1.90. The van der Waals surface area contributed by atoms with Crippen LogP contribution in [0.25, 0.3) is 0 Å². The van der Waals surface area contributed by atoms with Crippen molar-refractivity contribution in [2.24, 2.45) is 0 Å². The second-order valence-electron chi connectivity index (χ2n) is 4.63. The molecule has 0 saturated carbocycles.